The number of methoxy groups -OCH3 is 2. The van der Waals surface area contributed by atoms with E-state index in [4.69, 9.17) is 20.3 Å². The van der Waals surface area contributed by atoms with Gasteiger partial charge in [0.05, 0.1) is 55.1 Å². The van der Waals surface area contributed by atoms with E-state index in [0.29, 0.717) is 22.5 Å². The SMILES string of the molecule is COc1cccc(C2CC2C(=O)Nc2cc3c4c(c(-c5ccccc5)[nH]c4c2)C=NNC3=O)c1.COc1cccc(C2CC2C(=O)O)c1.Nc1cc2c3c(c(-c4ccccc4)[nH]c3c1)C=NNC2=O. The first-order valence-electron chi connectivity index (χ1n) is 22.3. The highest BCUT2D eigenvalue weighted by atomic mass is 16.5. The number of aliphatic carboxylic acids is 1. The number of nitrogens with two attached hydrogens (primary N) is 1. The predicted octanol–water partition coefficient (Wildman–Crippen LogP) is 9.04. The van der Waals surface area contributed by atoms with E-state index in [1.54, 1.807) is 38.8 Å². The number of amides is 3. The summed E-state index contributed by atoms with van der Waals surface area (Å²) in [7, 11) is 3.25. The Bertz CT molecular complexity index is 3380. The van der Waals surface area contributed by atoms with E-state index in [1.807, 2.05) is 121 Å². The number of anilines is 2. The molecule has 344 valence electrons. The second-order valence-electron chi connectivity index (χ2n) is 17.2. The lowest BCUT2D eigenvalue weighted by Crippen LogP contribution is -2.18. The van der Waals surface area contributed by atoms with Gasteiger partial charge in [0.2, 0.25) is 5.91 Å². The molecule has 0 spiro atoms. The monoisotopic (exact) mass is 918 g/mol. The maximum Gasteiger partial charge on any atom is 0.307 e. The van der Waals surface area contributed by atoms with Crippen molar-refractivity contribution in [1.82, 2.24) is 20.8 Å². The number of carbonyl (C=O) groups is 4. The third-order valence-corrected chi connectivity index (χ3v) is 12.8. The third-order valence-electron chi connectivity index (χ3n) is 12.8. The van der Waals surface area contributed by atoms with Crippen LogP contribution in [0.2, 0.25) is 0 Å². The average molecular weight is 919 g/mol. The Morgan fingerprint density at radius 3 is 1.62 bits per heavy atom. The van der Waals surface area contributed by atoms with Crippen molar-refractivity contribution in [2.45, 2.75) is 24.7 Å². The number of rotatable bonds is 9. The summed E-state index contributed by atoms with van der Waals surface area (Å²) in [4.78, 5) is 55.3. The number of ether oxygens (including phenoxy) is 2. The molecule has 4 atom stereocenters. The summed E-state index contributed by atoms with van der Waals surface area (Å²) in [5, 5.41) is 21.5. The second-order valence-corrected chi connectivity index (χ2v) is 17.2. The normalized spacial score (nSPS) is 18.0. The number of hydrazone groups is 2. The van der Waals surface area contributed by atoms with Crippen LogP contribution in [0.3, 0.4) is 0 Å². The van der Waals surface area contributed by atoms with E-state index in [0.717, 1.165) is 90.9 Å². The highest BCUT2D eigenvalue weighted by molar-refractivity contribution is 6.19. The first kappa shape index (κ1) is 43.9. The van der Waals surface area contributed by atoms with Crippen LogP contribution < -0.4 is 31.4 Å². The Hall–Kier alpha value is -8.98. The standard InChI is InChI=1S/C27H22N4O3.C16H12N4O.C11H12O3/c1-34-18-9-5-8-16(10-18)19-13-20(19)26(32)29-17-11-21-24-22(14-28-31-27(21)33)25(30-23(24)12-17)15-6-3-2-4-7-15;17-10-6-11-14-12(8-18-20-16(11)21)15(19-13(14)7-10)9-4-2-1-3-5-9;1-14-8-4-2-3-7(5-8)9-6-10(9)11(12)13/h2-12,14,19-20,30H,13H2,1H3,(H,29,32)(H,31,33);1-8,19H,17H2,(H,20,21);2-5,9-10H,6H2,1H3,(H,12,13). The van der Waals surface area contributed by atoms with Crippen LogP contribution in [0.5, 0.6) is 11.5 Å². The maximum atomic E-state index is 13.0. The van der Waals surface area contributed by atoms with Crippen LogP contribution >= 0.6 is 0 Å². The fourth-order valence-electron chi connectivity index (χ4n) is 9.19. The van der Waals surface area contributed by atoms with Gasteiger partial charge in [0.1, 0.15) is 11.5 Å². The van der Waals surface area contributed by atoms with Crippen molar-refractivity contribution in [2.75, 3.05) is 25.3 Å². The lowest BCUT2D eigenvalue weighted by Gasteiger charge is -2.09. The lowest BCUT2D eigenvalue weighted by atomic mass is 10.0. The number of aromatic amines is 2. The zero-order valence-electron chi connectivity index (χ0n) is 37.4. The van der Waals surface area contributed by atoms with Crippen molar-refractivity contribution in [1.29, 1.82) is 0 Å². The molecule has 8 N–H and O–H groups in total. The number of nitrogens with zero attached hydrogens (tertiary/aromatic N) is 2. The molecule has 8 aromatic rings. The number of hydrogen-bond donors (Lipinski definition) is 7. The predicted molar refractivity (Wildman–Crippen MR) is 266 cm³/mol. The smallest absolute Gasteiger partial charge is 0.307 e. The summed E-state index contributed by atoms with van der Waals surface area (Å²) in [6.45, 7) is 0. The van der Waals surface area contributed by atoms with Crippen LogP contribution in [0.25, 0.3) is 44.3 Å². The number of carboxylic acid groups (broad SMARTS) is 1. The molecule has 0 radical (unpaired) electrons. The zero-order chi connectivity index (χ0) is 47.8. The number of nitrogen functional groups attached to an aromatic ring is 1. The molecule has 2 saturated carbocycles. The van der Waals surface area contributed by atoms with Crippen LogP contribution in [-0.2, 0) is 9.59 Å². The highest BCUT2D eigenvalue weighted by Gasteiger charge is 2.45. The quantitative estimate of drug-likeness (QED) is 0.0690. The number of carboxylic acids is 1. The number of aromatic nitrogens is 2. The summed E-state index contributed by atoms with van der Waals surface area (Å²) in [6.07, 6.45) is 4.87. The number of nitrogens with one attached hydrogen (secondary N) is 5. The van der Waals surface area contributed by atoms with E-state index in [1.165, 1.54) is 0 Å². The van der Waals surface area contributed by atoms with Crippen LogP contribution in [0.15, 0.2) is 144 Å². The van der Waals surface area contributed by atoms with Crippen LogP contribution in [0.4, 0.5) is 11.4 Å². The van der Waals surface area contributed by atoms with Crippen LogP contribution in [-0.4, -0.2) is 65.4 Å². The minimum absolute atomic E-state index is 0.0558. The molecule has 15 heteroatoms. The Labute approximate surface area is 395 Å². The second kappa shape index (κ2) is 18.4. The topological polar surface area (TPSA) is 225 Å². The van der Waals surface area contributed by atoms with Crippen LogP contribution in [0.1, 0.15) is 67.6 Å². The number of carbonyl (C=O) groups excluding carboxylic acids is 3. The summed E-state index contributed by atoms with van der Waals surface area (Å²) < 4.78 is 10.4. The molecule has 2 aliphatic carbocycles. The number of hydrogen-bond acceptors (Lipinski definition) is 9. The molecule has 2 aromatic heterocycles. The molecule has 4 unspecified atom stereocenters. The molecule has 4 aliphatic rings. The van der Waals surface area contributed by atoms with E-state index >= 15 is 0 Å². The van der Waals surface area contributed by atoms with Gasteiger partial charge in [0, 0.05) is 50.2 Å². The Morgan fingerprint density at radius 1 is 0.623 bits per heavy atom. The third kappa shape index (κ3) is 8.88. The van der Waals surface area contributed by atoms with Gasteiger partial charge in [-0.2, -0.15) is 10.2 Å². The van der Waals surface area contributed by atoms with Gasteiger partial charge >= 0.3 is 5.97 Å². The van der Waals surface area contributed by atoms with E-state index in [9.17, 15) is 19.2 Å². The van der Waals surface area contributed by atoms with Gasteiger partial charge in [-0.15, -0.1) is 0 Å². The first-order valence-corrected chi connectivity index (χ1v) is 22.3. The Kier molecular flexibility index (Phi) is 11.7. The Balaban J connectivity index is 0.000000134. The summed E-state index contributed by atoms with van der Waals surface area (Å²) in [6, 6.07) is 42.4. The summed E-state index contributed by atoms with van der Waals surface area (Å²) in [5.41, 5.74) is 22.4. The van der Waals surface area contributed by atoms with Crippen molar-refractivity contribution in [2.24, 2.45) is 22.0 Å². The molecule has 12 rings (SSSR count). The molecular formula is C54H46N8O7. The van der Waals surface area contributed by atoms with Gasteiger partial charge in [-0.05, 0) is 95.5 Å². The van der Waals surface area contributed by atoms with Gasteiger partial charge in [-0.1, -0.05) is 84.9 Å². The fraction of sp³-hybridized carbons (Fsp3) is 0.148. The van der Waals surface area contributed by atoms with Crippen molar-refractivity contribution >= 4 is 69.3 Å². The average Bonchev–Trinajstić information content (AvgIpc) is 4.30. The minimum atomic E-state index is -0.696. The van der Waals surface area contributed by atoms with Gasteiger partial charge in [-0.25, -0.2) is 10.9 Å². The molecule has 6 aromatic carbocycles. The molecule has 0 bridgehead atoms. The molecule has 3 amide bonds. The van der Waals surface area contributed by atoms with E-state index in [2.05, 4.69) is 36.3 Å². The maximum absolute atomic E-state index is 13.0. The van der Waals surface area contributed by atoms with Crippen LogP contribution in [0, 0.1) is 11.8 Å². The molecule has 2 fully saturated rings. The summed E-state index contributed by atoms with van der Waals surface area (Å²) >= 11 is 0. The zero-order valence-corrected chi connectivity index (χ0v) is 37.4. The van der Waals surface area contributed by atoms with E-state index < -0.39 is 5.97 Å². The highest BCUT2D eigenvalue weighted by Crippen LogP contribution is 2.49. The lowest BCUT2D eigenvalue weighted by molar-refractivity contribution is -0.138. The summed E-state index contributed by atoms with van der Waals surface area (Å²) in [5.74, 6) is 0.309. The molecule has 2 aliphatic heterocycles. The van der Waals surface area contributed by atoms with Gasteiger partial charge in [-0.3, -0.25) is 19.2 Å². The van der Waals surface area contributed by atoms with Crippen molar-refractivity contribution in [3.05, 3.63) is 167 Å². The molecular weight excluding hydrogens is 873 g/mol. The fourth-order valence-corrected chi connectivity index (χ4v) is 9.19. The largest absolute Gasteiger partial charge is 0.497 e. The molecule has 4 heterocycles. The number of H-pyrrole nitrogens is 2. The Morgan fingerprint density at radius 2 is 1.12 bits per heavy atom. The minimum Gasteiger partial charge on any atom is -0.497 e. The van der Waals surface area contributed by atoms with Crippen molar-refractivity contribution in [3.63, 3.8) is 0 Å². The van der Waals surface area contributed by atoms with Crippen molar-refractivity contribution < 1.29 is 33.8 Å². The first-order chi connectivity index (χ1) is 33.6. The number of benzene rings is 6. The van der Waals surface area contributed by atoms with Gasteiger partial charge < -0.3 is 35.6 Å². The molecule has 0 saturated heterocycles. The van der Waals surface area contributed by atoms with Gasteiger partial charge in [0.15, 0.2) is 0 Å². The van der Waals surface area contributed by atoms with E-state index in [-0.39, 0.29) is 41.4 Å². The van der Waals surface area contributed by atoms with Crippen molar-refractivity contribution in [3.8, 4) is 34.0 Å². The molecule has 69 heavy (non-hydrogen) atoms. The molecule has 15 nitrogen and oxygen atoms in total. The van der Waals surface area contributed by atoms with Gasteiger partial charge in [0.25, 0.3) is 11.8 Å².